The van der Waals surface area contributed by atoms with E-state index in [4.69, 9.17) is 9.26 Å². The zero-order chi connectivity index (χ0) is 12.4. The molecule has 1 saturated heterocycles. The first kappa shape index (κ1) is 14.8. The van der Waals surface area contributed by atoms with Crippen LogP contribution in [0.4, 0.5) is 0 Å². The van der Waals surface area contributed by atoms with Crippen LogP contribution in [0, 0.1) is 0 Å². The van der Waals surface area contributed by atoms with Crippen LogP contribution in [0.2, 0.25) is 0 Å². The first-order valence-corrected chi connectivity index (χ1v) is 7.03. The van der Waals surface area contributed by atoms with Gasteiger partial charge in [-0.05, 0) is 19.8 Å². The van der Waals surface area contributed by atoms with E-state index in [1.807, 2.05) is 6.92 Å². The zero-order valence-electron chi connectivity index (χ0n) is 11.3. The number of hydrogen-bond acceptors (Lipinski definition) is 5. The van der Waals surface area contributed by atoms with Gasteiger partial charge in [-0.3, -0.25) is 0 Å². The molecule has 2 fully saturated rings. The summed E-state index contributed by atoms with van der Waals surface area (Å²) in [5.74, 6) is 2.07. The third-order valence-corrected chi connectivity index (χ3v) is 4.01. The van der Waals surface area contributed by atoms with E-state index in [9.17, 15) is 0 Å². The van der Waals surface area contributed by atoms with Crippen LogP contribution in [0.3, 0.4) is 0 Å². The topological polar surface area (TPSA) is 60.2 Å². The summed E-state index contributed by atoms with van der Waals surface area (Å²) in [7, 11) is 0. The van der Waals surface area contributed by atoms with Gasteiger partial charge in [-0.25, -0.2) is 0 Å². The van der Waals surface area contributed by atoms with Crippen molar-refractivity contribution in [1.82, 2.24) is 15.5 Å². The lowest BCUT2D eigenvalue weighted by Gasteiger charge is -2.27. The SMILES string of the molecule is C[C@H]1OCCN[C@@H]1c1nc(C2CCCCC2)no1.Cl. The maximum absolute atomic E-state index is 5.61. The Morgan fingerprint density at radius 3 is 2.74 bits per heavy atom. The summed E-state index contributed by atoms with van der Waals surface area (Å²) in [6.07, 6.45) is 6.41. The summed E-state index contributed by atoms with van der Waals surface area (Å²) in [6, 6.07) is 0.0450. The zero-order valence-corrected chi connectivity index (χ0v) is 12.1. The van der Waals surface area contributed by atoms with Gasteiger partial charge in [0.25, 0.3) is 0 Å². The minimum atomic E-state index is 0. The van der Waals surface area contributed by atoms with Crippen molar-refractivity contribution in [2.45, 2.75) is 57.1 Å². The summed E-state index contributed by atoms with van der Waals surface area (Å²) in [4.78, 5) is 4.59. The van der Waals surface area contributed by atoms with Gasteiger partial charge in [-0.1, -0.05) is 24.4 Å². The number of aromatic nitrogens is 2. The van der Waals surface area contributed by atoms with Crippen LogP contribution < -0.4 is 5.32 Å². The third-order valence-electron chi connectivity index (χ3n) is 4.01. The standard InChI is InChI=1S/C13H21N3O2.ClH/c1-9-11(14-7-8-17-9)13-15-12(16-18-13)10-5-3-2-4-6-10;/h9-11,14H,2-8H2,1H3;1H/t9-,11+;/m1./s1. The molecule has 0 amide bonds. The molecule has 0 spiro atoms. The van der Waals surface area contributed by atoms with Crippen LogP contribution in [0.25, 0.3) is 0 Å². The molecule has 1 aliphatic heterocycles. The van der Waals surface area contributed by atoms with Gasteiger partial charge in [0.1, 0.15) is 6.04 Å². The lowest BCUT2D eigenvalue weighted by Crippen LogP contribution is -2.40. The Bertz CT molecular complexity index is 393. The molecule has 1 aromatic heterocycles. The molecule has 1 N–H and O–H groups in total. The van der Waals surface area contributed by atoms with Crippen molar-refractivity contribution in [2.24, 2.45) is 0 Å². The molecule has 0 aromatic carbocycles. The molecule has 1 saturated carbocycles. The molecule has 1 aromatic rings. The second-order valence-corrected chi connectivity index (χ2v) is 5.33. The Labute approximate surface area is 119 Å². The van der Waals surface area contributed by atoms with E-state index in [0.717, 1.165) is 19.0 Å². The number of halogens is 1. The number of ether oxygens (including phenoxy) is 1. The van der Waals surface area contributed by atoms with Gasteiger partial charge in [0, 0.05) is 12.5 Å². The molecular weight excluding hydrogens is 266 g/mol. The summed E-state index contributed by atoms with van der Waals surface area (Å²) in [5, 5.41) is 7.55. The smallest absolute Gasteiger partial charge is 0.246 e. The molecule has 0 bridgehead atoms. The van der Waals surface area contributed by atoms with Crippen molar-refractivity contribution in [2.75, 3.05) is 13.2 Å². The van der Waals surface area contributed by atoms with Crippen molar-refractivity contribution in [3.05, 3.63) is 11.7 Å². The molecule has 2 heterocycles. The average molecular weight is 288 g/mol. The van der Waals surface area contributed by atoms with Crippen molar-refractivity contribution in [3.8, 4) is 0 Å². The van der Waals surface area contributed by atoms with Gasteiger partial charge in [-0.15, -0.1) is 12.4 Å². The first-order valence-electron chi connectivity index (χ1n) is 7.03. The highest BCUT2D eigenvalue weighted by molar-refractivity contribution is 5.85. The van der Waals surface area contributed by atoms with Gasteiger partial charge in [0.15, 0.2) is 5.82 Å². The van der Waals surface area contributed by atoms with E-state index in [1.165, 1.54) is 32.1 Å². The highest BCUT2D eigenvalue weighted by Gasteiger charge is 2.30. The molecule has 1 aliphatic carbocycles. The van der Waals surface area contributed by atoms with Crippen LogP contribution in [0.5, 0.6) is 0 Å². The van der Waals surface area contributed by atoms with Crippen LogP contribution in [0.1, 0.15) is 62.7 Å². The number of morpholine rings is 1. The lowest BCUT2D eigenvalue weighted by molar-refractivity contribution is -0.00136. The van der Waals surface area contributed by atoms with E-state index in [1.54, 1.807) is 0 Å². The fourth-order valence-corrected chi connectivity index (χ4v) is 2.91. The molecule has 6 heteroatoms. The van der Waals surface area contributed by atoms with Crippen LogP contribution >= 0.6 is 12.4 Å². The highest BCUT2D eigenvalue weighted by Crippen LogP contribution is 2.31. The normalized spacial score (nSPS) is 28.9. The van der Waals surface area contributed by atoms with E-state index in [-0.39, 0.29) is 24.6 Å². The molecule has 19 heavy (non-hydrogen) atoms. The predicted molar refractivity (Wildman–Crippen MR) is 73.5 cm³/mol. The number of nitrogens with one attached hydrogen (secondary N) is 1. The van der Waals surface area contributed by atoms with Gasteiger partial charge in [0.05, 0.1) is 12.7 Å². The van der Waals surface area contributed by atoms with Gasteiger partial charge >= 0.3 is 0 Å². The fraction of sp³-hybridized carbons (Fsp3) is 0.846. The van der Waals surface area contributed by atoms with Crippen LogP contribution in [0.15, 0.2) is 4.52 Å². The van der Waals surface area contributed by atoms with Crippen molar-refractivity contribution in [1.29, 1.82) is 0 Å². The molecule has 3 rings (SSSR count). The van der Waals surface area contributed by atoms with Crippen molar-refractivity contribution >= 4 is 12.4 Å². The summed E-state index contributed by atoms with van der Waals surface area (Å²) >= 11 is 0. The van der Waals surface area contributed by atoms with Crippen molar-refractivity contribution < 1.29 is 9.26 Å². The maximum atomic E-state index is 5.61. The van der Waals surface area contributed by atoms with E-state index in [0.29, 0.717) is 11.8 Å². The maximum Gasteiger partial charge on any atom is 0.246 e. The fourth-order valence-electron chi connectivity index (χ4n) is 2.91. The summed E-state index contributed by atoms with van der Waals surface area (Å²) < 4.78 is 11.0. The van der Waals surface area contributed by atoms with Gasteiger partial charge in [-0.2, -0.15) is 4.98 Å². The van der Waals surface area contributed by atoms with Crippen LogP contribution in [-0.2, 0) is 4.74 Å². The molecule has 0 unspecified atom stereocenters. The number of nitrogens with zero attached hydrogens (tertiary/aromatic N) is 2. The Kier molecular flexibility index (Phi) is 5.19. The second-order valence-electron chi connectivity index (χ2n) is 5.33. The quantitative estimate of drug-likeness (QED) is 0.906. The minimum absolute atomic E-state index is 0. The van der Waals surface area contributed by atoms with Crippen molar-refractivity contribution in [3.63, 3.8) is 0 Å². The summed E-state index contributed by atoms with van der Waals surface area (Å²) in [6.45, 7) is 3.64. The largest absolute Gasteiger partial charge is 0.375 e. The Hall–Kier alpha value is -0.650. The molecule has 108 valence electrons. The Balaban J connectivity index is 0.00000133. The molecule has 2 aliphatic rings. The van der Waals surface area contributed by atoms with E-state index in [2.05, 4.69) is 15.5 Å². The van der Waals surface area contributed by atoms with Gasteiger partial charge in [0.2, 0.25) is 5.89 Å². The Morgan fingerprint density at radius 2 is 2.00 bits per heavy atom. The molecular formula is C13H22ClN3O2. The lowest BCUT2D eigenvalue weighted by atomic mass is 9.89. The van der Waals surface area contributed by atoms with E-state index < -0.39 is 0 Å². The average Bonchev–Trinajstić information content (AvgIpc) is 2.90. The predicted octanol–water partition coefficient (Wildman–Crippen LogP) is 2.59. The Morgan fingerprint density at radius 1 is 1.21 bits per heavy atom. The third kappa shape index (κ3) is 3.27. The molecule has 2 atom stereocenters. The van der Waals surface area contributed by atoms with Gasteiger partial charge < -0.3 is 14.6 Å². The monoisotopic (exact) mass is 287 g/mol. The summed E-state index contributed by atoms with van der Waals surface area (Å²) in [5.41, 5.74) is 0. The first-order chi connectivity index (χ1) is 8.84. The van der Waals surface area contributed by atoms with Crippen LogP contribution in [-0.4, -0.2) is 29.4 Å². The molecule has 5 nitrogen and oxygen atoms in total. The van der Waals surface area contributed by atoms with E-state index >= 15 is 0 Å². The number of rotatable bonds is 2. The number of hydrogen-bond donors (Lipinski definition) is 1. The molecule has 0 radical (unpaired) electrons. The highest BCUT2D eigenvalue weighted by atomic mass is 35.5. The second kappa shape index (κ2) is 6.68. The minimum Gasteiger partial charge on any atom is -0.375 e.